The normalized spacial score (nSPS) is 21.5. The summed E-state index contributed by atoms with van der Waals surface area (Å²) in [5.41, 5.74) is 2.22. The van der Waals surface area contributed by atoms with Gasteiger partial charge in [-0.3, -0.25) is 0 Å². The van der Waals surface area contributed by atoms with E-state index >= 15 is 0 Å². The van der Waals surface area contributed by atoms with E-state index in [1.54, 1.807) is 16.4 Å². The fourth-order valence-corrected chi connectivity index (χ4v) is 3.70. The van der Waals surface area contributed by atoms with Crippen LogP contribution in [0.25, 0.3) is 5.69 Å². The van der Waals surface area contributed by atoms with Crippen molar-refractivity contribution >= 4 is 11.8 Å². The summed E-state index contributed by atoms with van der Waals surface area (Å²) in [7, 11) is 0. The van der Waals surface area contributed by atoms with Gasteiger partial charge in [0.1, 0.15) is 0 Å². The maximum atomic E-state index is 6.06. The number of hydrogen-bond donors (Lipinski definition) is 0. The summed E-state index contributed by atoms with van der Waals surface area (Å²) in [6.07, 6.45) is 5.57. The lowest BCUT2D eigenvalue weighted by Crippen LogP contribution is -2.26. The van der Waals surface area contributed by atoms with Crippen molar-refractivity contribution in [2.45, 2.75) is 50.8 Å². The van der Waals surface area contributed by atoms with Crippen LogP contribution in [0.15, 0.2) is 29.4 Å². The predicted molar refractivity (Wildman–Crippen MR) is 92.0 cm³/mol. The van der Waals surface area contributed by atoms with Crippen molar-refractivity contribution in [1.29, 1.82) is 0 Å². The third-order valence-electron chi connectivity index (χ3n) is 4.40. The van der Waals surface area contributed by atoms with Gasteiger partial charge in [0.2, 0.25) is 5.16 Å². The van der Waals surface area contributed by atoms with Crippen LogP contribution in [-0.2, 0) is 4.74 Å². The fraction of sp³-hybridized carbons (Fsp3) is 0.588. The molecule has 1 aromatic heterocycles. The molecule has 0 amide bonds. The van der Waals surface area contributed by atoms with Crippen LogP contribution in [0.4, 0.5) is 0 Å². The first-order valence-electron chi connectivity index (χ1n) is 8.34. The second-order valence-corrected chi connectivity index (χ2v) is 7.29. The molecule has 23 heavy (non-hydrogen) atoms. The Kier molecular flexibility index (Phi) is 5.67. The van der Waals surface area contributed by atoms with Crippen molar-refractivity contribution < 1.29 is 4.74 Å². The van der Waals surface area contributed by atoms with Crippen LogP contribution in [0.2, 0.25) is 0 Å². The molecule has 1 aromatic carbocycles. The molecule has 1 saturated carbocycles. The lowest BCUT2D eigenvalue weighted by Gasteiger charge is -2.28. The zero-order valence-electron chi connectivity index (χ0n) is 13.8. The summed E-state index contributed by atoms with van der Waals surface area (Å²) in [6, 6.07) is 8.21. The van der Waals surface area contributed by atoms with Gasteiger partial charge in [-0.05, 0) is 48.2 Å². The van der Waals surface area contributed by atoms with Crippen LogP contribution < -0.4 is 0 Å². The Labute approximate surface area is 141 Å². The molecule has 1 fully saturated rings. The molecule has 0 aliphatic heterocycles. The molecule has 1 heterocycles. The topological polar surface area (TPSA) is 52.8 Å². The van der Waals surface area contributed by atoms with E-state index < -0.39 is 0 Å². The van der Waals surface area contributed by atoms with Crippen LogP contribution in [0.5, 0.6) is 0 Å². The SMILES string of the molecule is Cc1ccc(-n2nnnc2SCCOC2CCCCC2C)cc1. The number of aromatic nitrogens is 4. The molecule has 0 spiro atoms. The van der Waals surface area contributed by atoms with E-state index in [4.69, 9.17) is 4.74 Å². The second kappa shape index (κ2) is 7.93. The highest BCUT2D eigenvalue weighted by molar-refractivity contribution is 7.99. The highest BCUT2D eigenvalue weighted by Gasteiger charge is 2.21. The molecule has 2 unspecified atom stereocenters. The summed E-state index contributed by atoms with van der Waals surface area (Å²) in [5.74, 6) is 1.56. The second-order valence-electron chi connectivity index (χ2n) is 6.23. The van der Waals surface area contributed by atoms with E-state index in [1.807, 2.05) is 12.1 Å². The summed E-state index contributed by atoms with van der Waals surface area (Å²) >= 11 is 1.64. The van der Waals surface area contributed by atoms with Gasteiger partial charge in [-0.2, -0.15) is 4.68 Å². The number of benzene rings is 1. The minimum atomic E-state index is 0.428. The number of hydrogen-bond acceptors (Lipinski definition) is 5. The summed E-state index contributed by atoms with van der Waals surface area (Å²) in [5, 5.41) is 12.8. The molecule has 6 heteroatoms. The fourth-order valence-electron chi connectivity index (χ4n) is 2.98. The van der Waals surface area contributed by atoms with Gasteiger partial charge >= 0.3 is 0 Å². The molecule has 2 aromatic rings. The van der Waals surface area contributed by atoms with Gasteiger partial charge in [0.25, 0.3) is 0 Å². The zero-order valence-corrected chi connectivity index (χ0v) is 14.6. The highest BCUT2D eigenvalue weighted by Crippen LogP contribution is 2.26. The van der Waals surface area contributed by atoms with Gasteiger partial charge in [-0.25, -0.2) is 0 Å². The van der Waals surface area contributed by atoms with E-state index in [0.717, 1.165) is 23.2 Å². The third kappa shape index (κ3) is 4.32. The molecule has 3 rings (SSSR count). The number of nitrogens with zero attached hydrogens (tertiary/aromatic N) is 4. The van der Waals surface area contributed by atoms with Crippen LogP contribution >= 0.6 is 11.8 Å². The van der Waals surface area contributed by atoms with E-state index in [1.165, 1.54) is 31.2 Å². The monoisotopic (exact) mass is 332 g/mol. The Balaban J connectivity index is 1.51. The molecule has 5 nitrogen and oxygen atoms in total. The molecule has 1 aliphatic carbocycles. The van der Waals surface area contributed by atoms with E-state index in [9.17, 15) is 0 Å². The zero-order chi connectivity index (χ0) is 16.1. The van der Waals surface area contributed by atoms with E-state index in [0.29, 0.717) is 12.0 Å². The van der Waals surface area contributed by atoms with Gasteiger partial charge < -0.3 is 4.74 Å². The number of rotatable bonds is 6. The van der Waals surface area contributed by atoms with E-state index in [-0.39, 0.29) is 0 Å². The molecule has 0 N–H and O–H groups in total. The minimum Gasteiger partial charge on any atom is -0.377 e. The molecule has 1 aliphatic rings. The first-order chi connectivity index (χ1) is 11.2. The highest BCUT2D eigenvalue weighted by atomic mass is 32.2. The Hall–Kier alpha value is -1.40. The van der Waals surface area contributed by atoms with E-state index in [2.05, 4.69) is 41.5 Å². The molecule has 0 saturated heterocycles. The average Bonchev–Trinajstić information content (AvgIpc) is 3.02. The van der Waals surface area contributed by atoms with Crippen molar-refractivity contribution in [1.82, 2.24) is 20.2 Å². The molecule has 0 bridgehead atoms. The van der Waals surface area contributed by atoms with Gasteiger partial charge in [0.05, 0.1) is 18.4 Å². The number of tetrazole rings is 1. The van der Waals surface area contributed by atoms with Crippen molar-refractivity contribution in [2.24, 2.45) is 5.92 Å². The minimum absolute atomic E-state index is 0.428. The van der Waals surface area contributed by atoms with Crippen molar-refractivity contribution in [2.75, 3.05) is 12.4 Å². The van der Waals surface area contributed by atoms with Crippen LogP contribution in [-0.4, -0.2) is 38.7 Å². The van der Waals surface area contributed by atoms with Crippen LogP contribution in [0.3, 0.4) is 0 Å². The summed E-state index contributed by atoms with van der Waals surface area (Å²) in [6.45, 7) is 5.12. The summed E-state index contributed by atoms with van der Waals surface area (Å²) < 4.78 is 7.84. The summed E-state index contributed by atoms with van der Waals surface area (Å²) in [4.78, 5) is 0. The molecular weight excluding hydrogens is 308 g/mol. The average molecular weight is 332 g/mol. The number of ether oxygens (including phenoxy) is 1. The predicted octanol–water partition coefficient (Wildman–Crippen LogP) is 3.66. The largest absolute Gasteiger partial charge is 0.377 e. The standard InChI is InChI=1S/C17H24N4OS/c1-13-7-9-15(10-8-13)21-17(18-19-20-21)23-12-11-22-16-6-4-3-5-14(16)2/h7-10,14,16H,3-6,11-12H2,1-2H3. The van der Waals surface area contributed by atoms with Crippen LogP contribution in [0.1, 0.15) is 38.2 Å². The van der Waals surface area contributed by atoms with Crippen molar-refractivity contribution in [3.63, 3.8) is 0 Å². The van der Waals surface area contributed by atoms with Gasteiger partial charge in [-0.15, -0.1) is 5.10 Å². The van der Waals surface area contributed by atoms with Crippen molar-refractivity contribution in [3.8, 4) is 5.69 Å². The van der Waals surface area contributed by atoms with Crippen LogP contribution in [0, 0.1) is 12.8 Å². The molecule has 0 radical (unpaired) electrons. The first-order valence-corrected chi connectivity index (χ1v) is 9.32. The number of thioether (sulfide) groups is 1. The Morgan fingerprint density at radius 1 is 1.22 bits per heavy atom. The Bertz CT molecular complexity index is 613. The maximum Gasteiger partial charge on any atom is 0.214 e. The number of aryl methyl sites for hydroxylation is 1. The third-order valence-corrected chi connectivity index (χ3v) is 5.28. The first kappa shape index (κ1) is 16.5. The molecule has 124 valence electrons. The molecule has 2 atom stereocenters. The smallest absolute Gasteiger partial charge is 0.214 e. The Morgan fingerprint density at radius 3 is 2.78 bits per heavy atom. The van der Waals surface area contributed by atoms with Gasteiger partial charge in [0, 0.05) is 5.75 Å². The van der Waals surface area contributed by atoms with Gasteiger partial charge in [-0.1, -0.05) is 49.2 Å². The van der Waals surface area contributed by atoms with Gasteiger partial charge in [0.15, 0.2) is 0 Å². The quantitative estimate of drug-likeness (QED) is 0.597. The van der Waals surface area contributed by atoms with Crippen molar-refractivity contribution in [3.05, 3.63) is 29.8 Å². The Morgan fingerprint density at radius 2 is 2.00 bits per heavy atom. The lowest BCUT2D eigenvalue weighted by atomic mass is 9.88. The lowest BCUT2D eigenvalue weighted by molar-refractivity contribution is 0.00345. The maximum absolute atomic E-state index is 6.06. The molecular formula is C17H24N4OS.